The van der Waals surface area contributed by atoms with E-state index < -0.39 is 23.5 Å². The molecule has 0 unspecified atom stereocenters. The molecule has 0 saturated carbocycles. The number of halogens is 6. The number of rotatable bonds is 5. The second-order valence-electron chi connectivity index (χ2n) is 8.71. The van der Waals surface area contributed by atoms with Gasteiger partial charge in [0.2, 0.25) is 0 Å². The maximum absolute atomic E-state index is 13.4. The van der Waals surface area contributed by atoms with Crippen molar-refractivity contribution >= 4 is 23.0 Å². The number of aryl methyl sites for hydroxylation is 1. The monoisotopic (exact) mass is 511 g/mol. The maximum Gasteiger partial charge on any atom is 0.416 e. The molecule has 0 aliphatic rings. The van der Waals surface area contributed by atoms with Gasteiger partial charge in [0.25, 0.3) is 0 Å². The minimum absolute atomic E-state index is 0.243. The Morgan fingerprint density at radius 1 is 0.649 bits per heavy atom. The highest BCUT2D eigenvalue weighted by Crippen LogP contribution is 2.35. The largest absolute Gasteiger partial charge is 0.416 e. The van der Waals surface area contributed by atoms with Gasteiger partial charge in [-0.1, -0.05) is 48.5 Å². The quantitative estimate of drug-likeness (QED) is 0.208. The van der Waals surface area contributed by atoms with Gasteiger partial charge in [0.05, 0.1) is 11.1 Å². The molecule has 37 heavy (non-hydrogen) atoms. The fourth-order valence-electron chi connectivity index (χ4n) is 3.91. The third-order valence-electron chi connectivity index (χ3n) is 6.13. The maximum atomic E-state index is 13.4. The molecule has 1 nitrogen and oxygen atoms in total. The summed E-state index contributed by atoms with van der Waals surface area (Å²) in [6, 6.07) is 22.3. The smallest absolute Gasteiger partial charge is 0.355 e. The molecule has 0 radical (unpaired) electrons. The molecule has 0 amide bonds. The predicted molar refractivity (Wildman–Crippen MR) is 136 cm³/mol. The van der Waals surface area contributed by atoms with Crippen molar-refractivity contribution < 1.29 is 26.3 Å². The van der Waals surface area contributed by atoms with E-state index in [4.69, 9.17) is 0 Å². The van der Waals surface area contributed by atoms with Gasteiger partial charge in [-0.05, 0) is 95.8 Å². The Morgan fingerprint density at radius 3 is 1.89 bits per heavy atom. The first-order chi connectivity index (χ1) is 17.4. The minimum Gasteiger partial charge on any atom is -0.355 e. The average molecular weight is 512 g/mol. The molecular formula is C30H23F6N. The van der Waals surface area contributed by atoms with Gasteiger partial charge in [0.15, 0.2) is 0 Å². The van der Waals surface area contributed by atoms with Crippen molar-refractivity contribution in [2.75, 3.05) is 5.32 Å². The highest BCUT2D eigenvalue weighted by Gasteiger charge is 2.31. The Balaban J connectivity index is 1.73. The van der Waals surface area contributed by atoms with E-state index in [0.29, 0.717) is 16.7 Å². The topological polar surface area (TPSA) is 12.0 Å². The van der Waals surface area contributed by atoms with Crippen LogP contribution in [0.3, 0.4) is 0 Å². The first-order valence-electron chi connectivity index (χ1n) is 11.4. The van der Waals surface area contributed by atoms with E-state index >= 15 is 0 Å². The Kier molecular flexibility index (Phi) is 7.16. The van der Waals surface area contributed by atoms with Crippen LogP contribution in [-0.4, -0.2) is 0 Å². The summed E-state index contributed by atoms with van der Waals surface area (Å²) in [6.07, 6.45) is -7.40. The van der Waals surface area contributed by atoms with Crippen LogP contribution >= 0.6 is 0 Å². The third kappa shape index (κ3) is 6.23. The van der Waals surface area contributed by atoms with Crippen LogP contribution < -0.4 is 5.32 Å². The summed E-state index contributed by atoms with van der Waals surface area (Å²) in [6.45, 7) is 4.03. The van der Waals surface area contributed by atoms with Crippen molar-refractivity contribution in [2.24, 2.45) is 0 Å². The van der Waals surface area contributed by atoms with Crippen LogP contribution in [0.2, 0.25) is 0 Å². The van der Waals surface area contributed by atoms with Crippen LogP contribution in [0.25, 0.3) is 11.6 Å². The van der Waals surface area contributed by atoms with Gasteiger partial charge in [-0.2, -0.15) is 26.3 Å². The van der Waals surface area contributed by atoms with E-state index in [1.165, 1.54) is 24.3 Å². The average Bonchev–Trinajstić information content (AvgIpc) is 2.85. The van der Waals surface area contributed by atoms with E-state index in [9.17, 15) is 26.3 Å². The van der Waals surface area contributed by atoms with Crippen LogP contribution in [-0.2, 0) is 12.4 Å². The molecule has 1 N–H and O–H groups in total. The van der Waals surface area contributed by atoms with Crippen molar-refractivity contribution in [1.82, 2.24) is 0 Å². The molecule has 0 spiro atoms. The van der Waals surface area contributed by atoms with E-state index in [1.54, 1.807) is 18.2 Å². The number of anilines is 2. The number of nitrogens with one attached hydrogen (secondary N) is 1. The van der Waals surface area contributed by atoms with E-state index in [2.05, 4.69) is 5.32 Å². The molecule has 0 atom stereocenters. The number of alkyl halides is 6. The number of hydrogen-bond acceptors (Lipinski definition) is 1. The van der Waals surface area contributed by atoms with Gasteiger partial charge in [-0.15, -0.1) is 0 Å². The van der Waals surface area contributed by atoms with E-state index in [-0.39, 0.29) is 5.56 Å². The van der Waals surface area contributed by atoms with Crippen molar-refractivity contribution in [1.29, 1.82) is 0 Å². The SMILES string of the molecule is Cc1cccc(Nc2ccc(/C=C(\c3ccc(C(F)(F)F)cc3)c3cccc(C(F)(F)F)c3)cc2)c1C. The van der Waals surface area contributed by atoms with Crippen LogP contribution in [0.1, 0.15) is 38.9 Å². The van der Waals surface area contributed by atoms with Gasteiger partial charge in [0.1, 0.15) is 0 Å². The van der Waals surface area contributed by atoms with Gasteiger partial charge in [-0.25, -0.2) is 0 Å². The minimum atomic E-state index is -4.55. The number of benzene rings is 4. The number of hydrogen-bond donors (Lipinski definition) is 1. The zero-order valence-electron chi connectivity index (χ0n) is 20.0. The summed E-state index contributed by atoms with van der Waals surface area (Å²) < 4.78 is 79.3. The molecular weight excluding hydrogens is 488 g/mol. The third-order valence-corrected chi connectivity index (χ3v) is 6.13. The molecule has 7 heteroatoms. The molecule has 0 aliphatic carbocycles. The van der Waals surface area contributed by atoms with Crippen molar-refractivity contribution in [2.45, 2.75) is 26.2 Å². The summed E-state index contributed by atoms with van der Waals surface area (Å²) in [5.74, 6) is 0. The molecule has 4 rings (SSSR count). The van der Waals surface area contributed by atoms with Gasteiger partial charge in [-0.3, -0.25) is 0 Å². The molecule has 0 aliphatic heterocycles. The highest BCUT2D eigenvalue weighted by molar-refractivity contribution is 5.91. The normalized spacial score (nSPS) is 12.5. The van der Waals surface area contributed by atoms with Crippen LogP contribution in [0.4, 0.5) is 37.7 Å². The molecule has 4 aromatic rings. The van der Waals surface area contributed by atoms with Crippen LogP contribution in [0.15, 0.2) is 91.0 Å². The predicted octanol–water partition coefficient (Wildman–Crippen LogP) is 9.67. The zero-order chi connectivity index (χ0) is 26.8. The molecule has 0 saturated heterocycles. The lowest BCUT2D eigenvalue weighted by molar-refractivity contribution is -0.138. The fourth-order valence-corrected chi connectivity index (χ4v) is 3.91. The van der Waals surface area contributed by atoms with Crippen molar-refractivity contribution in [3.8, 4) is 0 Å². The summed E-state index contributed by atoms with van der Waals surface area (Å²) >= 11 is 0. The highest BCUT2D eigenvalue weighted by atomic mass is 19.4. The van der Waals surface area contributed by atoms with Crippen LogP contribution in [0.5, 0.6) is 0 Å². The summed E-state index contributed by atoms with van der Waals surface area (Å²) in [7, 11) is 0. The van der Waals surface area contributed by atoms with Gasteiger partial charge in [0, 0.05) is 11.4 Å². The Labute approximate surface area is 211 Å². The van der Waals surface area contributed by atoms with E-state index in [1.807, 2.05) is 44.2 Å². The van der Waals surface area contributed by atoms with Gasteiger partial charge < -0.3 is 5.32 Å². The van der Waals surface area contributed by atoms with Crippen molar-refractivity contribution in [3.63, 3.8) is 0 Å². The fraction of sp³-hybridized carbons (Fsp3) is 0.133. The standard InChI is InChI=1S/C30H23F6N/c1-19-5-3-8-28(20(19)2)37-26-15-9-21(10-16-26)17-27(22-11-13-24(14-12-22)29(31,32)33)23-6-4-7-25(18-23)30(34,35)36/h3-18,37H,1-2H3/b27-17+. The Hall–Kier alpha value is -4.00. The Morgan fingerprint density at radius 2 is 1.27 bits per heavy atom. The second-order valence-corrected chi connectivity index (χ2v) is 8.71. The van der Waals surface area contributed by atoms with E-state index in [0.717, 1.165) is 46.8 Å². The first-order valence-corrected chi connectivity index (χ1v) is 11.4. The summed E-state index contributed by atoms with van der Waals surface area (Å²) in [5, 5.41) is 3.35. The second kappa shape index (κ2) is 10.2. The summed E-state index contributed by atoms with van der Waals surface area (Å²) in [4.78, 5) is 0. The van der Waals surface area contributed by atoms with Gasteiger partial charge >= 0.3 is 12.4 Å². The lowest BCUT2D eigenvalue weighted by Gasteiger charge is -2.14. The molecule has 0 heterocycles. The zero-order valence-corrected chi connectivity index (χ0v) is 20.0. The lowest BCUT2D eigenvalue weighted by atomic mass is 9.93. The molecule has 0 bridgehead atoms. The lowest BCUT2D eigenvalue weighted by Crippen LogP contribution is -2.06. The summed E-state index contributed by atoms with van der Waals surface area (Å²) in [5.41, 5.74) is 4.02. The Bertz CT molecular complexity index is 1410. The van der Waals surface area contributed by atoms with Crippen molar-refractivity contribution in [3.05, 3.63) is 130 Å². The molecule has 0 aromatic heterocycles. The molecule has 0 fully saturated rings. The molecule has 4 aromatic carbocycles. The first kappa shape index (κ1) is 26.1. The van der Waals surface area contributed by atoms with Crippen LogP contribution in [0, 0.1) is 13.8 Å². The molecule has 190 valence electrons.